The van der Waals surface area contributed by atoms with Crippen molar-refractivity contribution >= 4 is 11.9 Å². The molecule has 5 heteroatoms. The van der Waals surface area contributed by atoms with Gasteiger partial charge in [-0.15, -0.1) is 0 Å². The van der Waals surface area contributed by atoms with E-state index >= 15 is 0 Å². The number of rotatable bonds is 4. The second-order valence-electron chi connectivity index (χ2n) is 5.30. The highest BCUT2D eigenvalue weighted by Crippen LogP contribution is 2.31. The number of hydrogen-bond donors (Lipinski definition) is 2. The molecule has 0 radical (unpaired) electrons. The maximum atomic E-state index is 12.2. The van der Waals surface area contributed by atoms with Crippen molar-refractivity contribution in [1.29, 1.82) is 0 Å². The highest BCUT2D eigenvalue weighted by molar-refractivity contribution is 5.88. The van der Waals surface area contributed by atoms with Crippen molar-refractivity contribution in [3.05, 3.63) is 0 Å². The zero-order chi connectivity index (χ0) is 13.2. The van der Waals surface area contributed by atoms with Crippen molar-refractivity contribution in [2.24, 2.45) is 5.92 Å². The van der Waals surface area contributed by atoms with Crippen molar-refractivity contribution in [3.8, 4) is 0 Å². The fourth-order valence-electron chi connectivity index (χ4n) is 3.05. The van der Waals surface area contributed by atoms with Gasteiger partial charge >= 0.3 is 5.97 Å². The Morgan fingerprint density at radius 3 is 2.61 bits per heavy atom. The molecule has 1 aliphatic heterocycles. The van der Waals surface area contributed by atoms with E-state index in [1.165, 1.54) is 0 Å². The first-order chi connectivity index (χ1) is 8.59. The maximum Gasteiger partial charge on any atom is 0.329 e. The van der Waals surface area contributed by atoms with E-state index in [4.69, 9.17) is 4.74 Å². The largest absolute Gasteiger partial charge is 0.480 e. The summed E-state index contributed by atoms with van der Waals surface area (Å²) in [4.78, 5) is 23.6. The van der Waals surface area contributed by atoms with Gasteiger partial charge < -0.3 is 15.2 Å². The average molecular weight is 255 g/mol. The summed E-state index contributed by atoms with van der Waals surface area (Å²) in [5.41, 5.74) is -1.03. The molecule has 0 spiro atoms. The third-order valence-electron chi connectivity index (χ3n) is 4.18. The molecule has 0 aromatic carbocycles. The van der Waals surface area contributed by atoms with Crippen molar-refractivity contribution < 1.29 is 19.4 Å². The van der Waals surface area contributed by atoms with Gasteiger partial charge in [0.05, 0.1) is 12.0 Å². The fraction of sp³-hybridized carbons (Fsp3) is 0.846. The van der Waals surface area contributed by atoms with Gasteiger partial charge in [-0.05, 0) is 25.7 Å². The zero-order valence-corrected chi connectivity index (χ0v) is 10.8. The van der Waals surface area contributed by atoms with Crippen molar-refractivity contribution in [3.63, 3.8) is 0 Å². The summed E-state index contributed by atoms with van der Waals surface area (Å²) in [6.07, 6.45) is 4.24. The minimum Gasteiger partial charge on any atom is -0.480 e. The van der Waals surface area contributed by atoms with Crippen LogP contribution in [-0.2, 0) is 14.3 Å². The van der Waals surface area contributed by atoms with Gasteiger partial charge in [-0.1, -0.05) is 19.8 Å². The first kappa shape index (κ1) is 13.3. The Labute approximate surface area is 107 Å². The van der Waals surface area contributed by atoms with E-state index in [2.05, 4.69) is 5.32 Å². The van der Waals surface area contributed by atoms with Crippen LogP contribution >= 0.6 is 0 Å². The first-order valence-corrected chi connectivity index (χ1v) is 6.76. The number of nitrogens with one attached hydrogen (secondary N) is 1. The SMILES string of the molecule is CCC1OCCC1C(=O)NC1(C(=O)O)CCCC1. The molecule has 1 aliphatic carbocycles. The van der Waals surface area contributed by atoms with E-state index in [-0.39, 0.29) is 17.9 Å². The molecule has 2 atom stereocenters. The summed E-state index contributed by atoms with van der Waals surface area (Å²) >= 11 is 0. The minimum atomic E-state index is -1.03. The summed E-state index contributed by atoms with van der Waals surface area (Å²) in [6, 6.07) is 0. The van der Waals surface area contributed by atoms with Crippen LogP contribution in [0.5, 0.6) is 0 Å². The molecule has 1 heterocycles. The molecule has 1 saturated heterocycles. The smallest absolute Gasteiger partial charge is 0.329 e. The van der Waals surface area contributed by atoms with Crippen LogP contribution < -0.4 is 5.32 Å². The molecule has 102 valence electrons. The Morgan fingerprint density at radius 2 is 2.06 bits per heavy atom. The molecule has 0 bridgehead atoms. The summed E-state index contributed by atoms with van der Waals surface area (Å²) in [7, 11) is 0. The topological polar surface area (TPSA) is 75.6 Å². The molecule has 1 saturated carbocycles. The Kier molecular flexibility index (Phi) is 3.90. The lowest BCUT2D eigenvalue weighted by Crippen LogP contribution is -2.54. The Hall–Kier alpha value is -1.10. The van der Waals surface area contributed by atoms with Crippen LogP contribution in [0.2, 0.25) is 0 Å². The molecule has 5 nitrogen and oxygen atoms in total. The maximum absolute atomic E-state index is 12.2. The number of ether oxygens (including phenoxy) is 1. The predicted molar refractivity (Wildman–Crippen MR) is 65.1 cm³/mol. The van der Waals surface area contributed by atoms with Gasteiger partial charge in [0.25, 0.3) is 0 Å². The number of carbonyl (C=O) groups excluding carboxylic acids is 1. The monoisotopic (exact) mass is 255 g/mol. The molecule has 2 rings (SSSR count). The van der Waals surface area contributed by atoms with Crippen LogP contribution in [-0.4, -0.2) is 35.2 Å². The fourth-order valence-corrected chi connectivity index (χ4v) is 3.05. The quantitative estimate of drug-likeness (QED) is 0.794. The van der Waals surface area contributed by atoms with Gasteiger partial charge in [-0.3, -0.25) is 4.79 Å². The third-order valence-corrected chi connectivity index (χ3v) is 4.18. The Balaban J connectivity index is 2.03. The molecule has 2 aliphatic rings. The first-order valence-electron chi connectivity index (χ1n) is 6.76. The van der Waals surface area contributed by atoms with Crippen LogP contribution in [0.3, 0.4) is 0 Å². The molecule has 2 unspecified atom stereocenters. The lowest BCUT2D eigenvalue weighted by Gasteiger charge is -2.28. The van der Waals surface area contributed by atoms with Crippen LogP contribution in [0.1, 0.15) is 45.4 Å². The lowest BCUT2D eigenvalue weighted by molar-refractivity contribution is -0.148. The number of carbonyl (C=O) groups is 2. The number of hydrogen-bond acceptors (Lipinski definition) is 3. The predicted octanol–water partition coefficient (Wildman–Crippen LogP) is 1.32. The molecule has 2 fully saturated rings. The minimum absolute atomic E-state index is 0.0581. The molecule has 1 amide bonds. The van der Waals surface area contributed by atoms with Gasteiger partial charge in [-0.25, -0.2) is 4.79 Å². The average Bonchev–Trinajstić information content (AvgIpc) is 2.97. The van der Waals surface area contributed by atoms with E-state index in [1.54, 1.807) is 0 Å². The molecular formula is C13H21NO4. The Bertz CT molecular complexity index is 336. The summed E-state index contributed by atoms with van der Waals surface area (Å²) in [6.45, 7) is 2.58. The van der Waals surface area contributed by atoms with Gasteiger partial charge in [0, 0.05) is 6.61 Å². The highest BCUT2D eigenvalue weighted by atomic mass is 16.5. The highest BCUT2D eigenvalue weighted by Gasteiger charge is 2.45. The zero-order valence-electron chi connectivity index (χ0n) is 10.8. The second kappa shape index (κ2) is 5.26. The normalized spacial score (nSPS) is 30.3. The summed E-state index contributed by atoms with van der Waals surface area (Å²) < 4.78 is 5.49. The van der Waals surface area contributed by atoms with Gasteiger partial charge in [0.2, 0.25) is 5.91 Å². The Morgan fingerprint density at radius 1 is 1.39 bits per heavy atom. The van der Waals surface area contributed by atoms with Crippen molar-refractivity contribution in [2.75, 3.05) is 6.61 Å². The lowest BCUT2D eigenvalue weighted by atomic mass is 9.93. The molecule has 0 aromatic heterocycles. The summed E-state index contributed by atoms with van der Waals surface area (Å²) in [5, 5.41) is 12.1. The van der Waals surface area contributed by atoms with E-state index in [0.717, 1.165) is 19.3 Å². The standard InChI is InChI=1S/C13H21NO4/c1-2-10-9(5-8-18-10)11(15)14-13(12(16)17)6-3-4-7-13/h9-10H,2-8H2,1H3,(H,14,15)(H,16,17). The van der Waals surface area contributed by atoms with E-state index in [9.17, 15) is 14.7 Å². The number of amides is 1. The number of carboxylic acid groups (broad SMARTS) is 1. The molecule has 18 heavy (non-hydrogen) atoms. The molecule has 0 aromatic rings. The van der Waals surface area contributed by atoms with Gasteiger partial charge in [-0.2, -0.15) is 0 Å². The van der Waals surface area contributed by atoms with Crippen molar-refractivity contribution in [1.82, 2.24) is 5.32 Å². The van der Waals surface area contributed by atoms with Crippen LogP contribution in [0.15, 0.2) is 0 Å². The van der Waals surface area contributed by atoms with Gasteiger partial charge in [0.1, 0.15) is 5.54 Å². The van der Waals surface area contributed by atoms with Crippen LogP contribution in [0.25, 0.3) is 0 Å². The van der Waals surface area contributed by atoms with E-state index in [1.807, 2.05) is 6.92 Å². The van der Waals surface area contributed by atoms with Crippen molar-refractivity contribution in [2.45, 2.75) is 57.1 Å². The van der Waals surface area contributed by atoms with Crippen LogP contribution in [0, 0.1) is 5.92 Å². The number of aliphatic carboxylic acids is 1. The number of carboxylic acids is 1. The van der Waals surface area contributed by atoms with Gasteiger partial charge in [0.15, 0.2) is 0 Å². The third kappa shape index (κ3) is 2.36. The summed E-state index contributed by atoms with van der Waals surface area (Å²) in [5.74, 6) is -1.24. The molecular weight excluding hydrogens is 234 g/mol. The second-order valence-corrected chi connectivity index (χ2v) is 5.30. The van der Waals surface area contributed by atoms with E-state index in [0.29, 0.717) is 25.9 Å². The van der Waals surface area contributed by atoms with E-state index < -0.39 is 11.5 Å². The molecule has 2 N–H and O–H groups in total. The van der Waals surface area contributed by atoms with Crippen LogP contribution in [0.4, 0.5) is 0 Å².